The first-order chi connectivity index (χ1) is 8.97. The molecular weight excluding hydrogens is 290 g/mol. The second kappa shape index (κ2) is 5.47. The first-order valence-corrected chi connectivity index (χ1v) is 6.04. The predicted molar refractivity (Wildman–Crippen MR) is 75.2 cm³/mol. The lowest BCUT2D eigenvalue weighted by Crippen LogP contribution is -2.14. The molecule has 19 heavy (non-hydrogen) atoms. The molecule has 0 atom stereocenters. The second-order valence-corrected chi connectivity index (χ2v) is 4.66. The highest BCUT2D eigenvalue weighted by atomic mass is 35.5. The summed E-state index contributed by atoms with van der Waals surface area (Å²) in [7, 11) is 0. The van der Waals surface area contributed by atoms with Crippen molar-refractivity contribution < 1.29 is 9.18 Å². The minimum absolute atomic E-state index is 0.0176. The Kier molecular flexibility index (Phi) is 3.93. The second-order valence-electron chi connectivity index (χ2n) is 3.82. The lowest BCUT2D eigenvalue weighted by atomic mass is 10.2. The van der Waals surface area contributed by atoms with Crippen LogP contribution in [0.3, 0.4) is 0 Å². The molecule has 0 unspecified atom stereocenters. The van der Waals surface area contributed by atoms with Crippen molar-refractivity contribution in [1.29, 1.82) is 0 Å². The Balaban J connectivity index is 2.30. The Bertz CT molecular complexity index is 647. The van der Waals surface area contributed by atoms with Crippen LogP contribution in [0.5, 0.6) is 0 Å². The topological polar surface area (TPSA) is 55.1 Å². The van der Waals surface area contributed by atoms with Gasteiger partial charge in [0.25, 0.3) is 5.91 Å². The normalized spacial score (nSPS) is 10.3. The van der Waals surface area contributed by atoms with Crippen molar-refractivity contribution in [2.75, 3.05) is 11.1 Å². The molecule has 0 saturated carbocycles. The fourth-order valence-electron chi connectivity index (χ4n) is 1.50. The molecule has 1 amide bonds. The van der Waals surface area contributed by atoms with E-state index in [-0.39, 0.29) is 16.3 Å². The molecule has 0 aliphatic rings. The molecule has 6 heteroatoms. The van der Waals surface area contributed by atoms with E-state index in [1.807, 2.05) is 0 Å². The van der Waals surface area contributed by atoms with E-state index in [9.17, 15) is 9.18 Å². The molecule has 0 aromatic heterocycles. The summed E-state index contributed by atoms with van der Waals surface area (Å²) in [6.07, 6.45) is 0. The Morgan fingerprint density at radius 3 is 2.63 bits per heavy atom. The number of amides is 1. The molecule has 0 radical (unpaired) electrons. The quantitative estimate of drug-likeness (QED) is 0.824. The predicted octanol–water partition coefficient (Wildman–Crippen LogP) is 3.97. The van der Waals surface area contributed by atoms with Gasteiger partial charge in [-0.3, -0.25) is 4.79 Å². The number of carbonyl (C=O) groups excluding carboxylic acids is 1. The minimum Gasteiger partial charge on any atom is -0.399 e. The van der Waals surface area contributed by atoms with Crippen LogP contribution in [0.25, 0.3) is 0 Å². The van der Waals surface area contributed by atoms with E-state index < -0.39 is 11.7 Å². The van der Waals surface area contributed by atoms with Crippen molar-refractivity contribution in [2.24, 2.45) is 0 Å². The van der Waals surface area contributed by atoms with Crippen LogP contribution in [0, 0.1) is 5.82 Å². The maximum Gasteiger partial charge on any atom is 0.257 e. The number of nitrogens with one attached hydrogen (secondary N) is 1. The summed E-state index contributed by atoms with van der Waals surface area (Å²) in [5, 5.41) is 2.94. The van der Waals surface area contributed by atoms with Crippen LogP contribution in [0.4, 0.5) is 15.8 Å². The minimum atomic E-state index is -0.585. The number of halogens is 3. The molecular formula is C13H9Cl2FN2O. The molecule has 2 aromatic carbocycles. The van der Waals surface area contributed by atoms with E-state index in [1.165, 1.54) is 30.3 Å². The van der Waals surface area contributed by atoms with Gasteiger partial charge in [-0.05, 0) is 36.4 Å². The molecule has 3 N–H and O–H groups in total. The molecule has 0 spiro atoms. The monoisotopic (exact) mass is 298 g/mol. The van der Waals surface area contributed by atoms with Crippen molar-refractivity contribution in [2.45, 2.75) is 0 Å². The fraction of sp³-hybridized carbons (Fsp3) is 0. The van der Waals surface area contributed by atoms with Crippen molar-refractivity contribution >= 4 is 40.5 Å². The lowest BCUT2D eigenvalue weighted by Gasteiger charge is -2.08. The zero-order valence-electron chi connectivity index (χ0n) is 9.58. The van der Waals surface area contributed by atoms with Crippen LogP contribution in [-0.4, -0.2) is 5.91 Å². The van der Waals surface area contributed by atoms with E-state index in [0.29, 0.717) is 10.7 Å². The first kappa shape index (κ1) is 13.6. The third-order valence-corrected chi connectivity index (χ3v) is 2.98. The molecule has 2 rings (SSSR count). The maximum atomic E-state index is 13.5. The number of anilines is 2. The molecule has 2 aromatic rings. The van der Waals surface area contributed by atoms with Gasteiger partial charge in [0.1, 0.15) is 5.82 Å². The highest BCUT2D eigenvalue weighted by Crippen LogP contribution is 2.23. The molecule has 0 aliphatic carbocycles. The van der Waals surface area contributed by atoms with E-state index in [0.717, 1.165) is 0 Å². The van der Waals surface area contributed by atoms with Gasteiger partial charge in [-0.2, -0.15) is 0 Å². The third-order valence-electron chi connectivity index (χ3n) is 2.41. The number of hydrogen-bond acceptors (Lipinski definition) is 2. The van der Waals surface area contributed by atoms with Gasteiger partial charge in [-0.1, -0.05) is 23.2 Å². The molecule has 0 bridgehead atoms. The Labute approximate surface area is 119 Å². The van der Waals surface area contributed by atoms with Crippen molar-refractivity contribution in [1.82, 2.24) is 0 Å². The number of carbonyl (C=O) groups is 1. The van der Waals surface area contributed by atoms with Crippen LogP contribution in [-0.2, 0) is 0 Å². The average molecular weight is 299 g/mol. The summed E-state index contributed by atoms with van der Waals surface area (Å²) in [6.45, 7) is 0. The third kappa shape index (κ3) is 3.16. The average Bonchev–Trinajstić information content (AvgIpc) is 2.36. The summed E-state index contributed by atoms with van der Waals surface area (Å²) in [5.74, 6) is -1.14. The summed E-state index contributed by atoms with van der Waals surface area (Å²) in [5.41, 5.74) is 6.12. The number of rotatable bonds is 2. The Morgan fingerprint density at radius 1 is 1.16 bits per heavy atom. The number of benzene rings is 2. The van der Waals surface area contributed by atoms with Gasteiger partial charge >= 0.3 is 0 Å². The highest BCUT2D eigenvalue weighted by Gasteiger charge is 2.13. The summed E-state index contributed by atoms with van der Waals surface area (Å²) in [6, 6.07) is 8.35. The van der Waals surface area contributed by atoms with Crippen molar-refractivity contribution in [3.05, 3.63) is 57.8 Å². The van der Waals surface area contributed by atoms with Crippen LogP contribution in [0.1, 0.15) is 10.4 Å². The molecule has 0 saturated heterocycles. The van der Waals surface area contributed by atoms with Gasteiger partial charge in [-0.25, -0.2) is 4.39 Å². The van der Waals surface area contributed by atoms with Crippen LogP contribution >= 0.6 is 23.2 Å². The lowest BCUT2D eigenvalue weighted by molar-refractivity contribution is 0.102. The van der Waals surface area contributed by atoms with Gasteiger partial charge in [0, 0.05) is 10.7 Å². The number of nitrogens with two attached hydrogens (primary N) is 1. The van der Waals surface area contributed by atoms with Crippen molar-refractivity contribution in [3.63, 3.8) is 0 Å². The van der Waals surface area contributed by atoms with Crippen molar-refractivity contribution in [3.8, 4) is 0 Å². The fourth-order valence-corrected chi connectivity index (χ4v) is 1.88. The molecule has 0 heterocycles. The van der Waals surface area contributed by atoms with Gasteiger partial charge in [-0.15, -0.1) is 0 Å². The summed E-state index contributed by atoms with van der Waals surface area (Å²) < 4.78 is 13.5. The van der Waals surface area contributed by atoms with Gasteiger partial charge in [0.2, 0.25) is 0 Å². The SMILES string of the molecule is Nc1ccc(Cl)c(C(=O)Nc2cc(Cl)ccc2F)c1. The highest BCUT2D eigenvalue weighted by molar-refractivity contribution is 6.34. The number of nitrogen functional groups attached to an aromatic ring is 1. The van der Waals surface area contributed by atoms with Crippen LogP contribution in [0.15, 0.2) is 36.4 Å². The van der Waals surface area contributed by atoms with Gasteiger partial charge < -0.3 is 11.1 Å². The maximum absolute atomic E-state index is 13.5. The van der Waals surface area contributed by atoms with Crippen LogP contribution in [0.2, 0.25) is 10.0 Å². The molecule has 98 valence electrons. The molecule has 0 fully saturated rings. The Morgan fingerprint density at radius 2 is 1.89 bits per heavy atom. The van der Waals surface area contributed by atoms with E-state index >= 15 is 0 Å². The summed E-state index contributed by atoms with van der Waals surface area (Å²) >= 11 is 11.6. The smallest absolute Gasteiger partial charge is 0.257 e. The van der Waals surface area contributed by atoms with Crippen LogP contribution < -0.4 is 11.1 Å². The van der Waals surface area contributed by atoms with Gasteiger partial charge in [0.15, 0.2) is 0 Å². The summed E-state index contributed by atoms with van der Waals surface area (Å²) in [4.78, 5) is 12.0. The van der Waals surface area contributed by atoms with E-state index in [4.69, 9.17) is 28.9 Å². The van der Waals surface area contributed by atoms with Gasteiger partial charge in [0.05, 0.1) is 16.3 Å². The zero-order valence-corrected chi connectivity index (χ0v) is 11.1. The van der Waals surface area contributed by atoms with E-state index in [1.54, 1.807) is 6.07 Å². The first-order valence-electron chi connectivity index (χ1n) is 5.29. The molecule has 0 aliphatic heterocycles. The molecule has 3 nitrogen and oxygen atoms in total. The standard InChI is InChI=1S/C13H9Cl2FN2O/c14-7-1-4-11(16)12(5-7)18-13(19)9-6-8(17)2-3-10(9)15/h1-6H,17H2,(H,18,19). The largest absolute Gasteiger partial charge is 0.399 e. The zero-order chi connectivity index (χ0) is 14.0. The number of hydrogen-bond donors (Lipinski definition) is 2. The van der Waals surface area contributed by atoms with E-state index in [2.05, 4.69) is 5.32 Å². The Hall–Kier alpha value is -1.78.